The summed E-state index contributed by atoms with van der Waals surface area (Å²) in [6.45, 7) is 3.01. The lowest BCUT2D eigenvalue weighted by Crippen LogP contribution is -2.52. The molecule has 0 amide bonds. The zero-order valence-electron chi connectivity index (χ0n) is 14.8. The van der Waals surface area contributed by atoms with E-state index in [2.05, 4.69) is 20.5 Å². The number of guanidine groups is 1. The number of thioether (sulfide) groups is 1. The molecule has 0 radical (unpaired) electrons. The first-order chi connectivity index (χ1) is 11.2. The Morgan fingerprint density at radius 3 is 2.54 bits per heavy atom. The fourth-order valence-corrected chi connectivity index (χ4v) is 5.35. The minimum absolute atomic E-state index is 0. The van der Waals surface area contributed by atoms with Gasteiger partial charge in [-0.25, -0.2) is 0 Å². The van der Waals surface area contributed by atoms with Gasteiger partial charge in [-0.1, -0.05) is 12.8 Å². The van der Waals surface area contributed by atoms with Gasteiger partial charge in [0.25, 0.3) is 0 Å². The maximum atomic E-state index is 10.4. The standard InChI is InChI=1S/C17H32N4OS.HI/c1-18-16(19-12-17(22)8-11-23-13-17)20-14-6-9-21(10-7-14)15-4-2-3-5-15;/h14-15,22H,2-13H2,1H3,(H2,18,19,20);1H. The monoisotopic (exact) mass is 468 g/mol. The summed E-state index contributed by atoms with van der Waals surface area (Å²) < 4.78 is 0. The van der Waals surface area contributed by atoms with Crippen LogP contribution >= 0.6 is 35.7 Å². The average molecular weight is 468 g/mol. The number of nitrogens with zero attached hydrogens (tertiary/aromatic N) is 2. The van der Waals surface area contributed by atoms with Gasteiger partial charge >= 0.3 is 0 Å². The van der Waals surface area contributed by atoms with Crippen molar-refractivity contribution < 1.29 is 5.11 Å². The van der Waals surface area contributed by atoms with Gasteiger partial charge in [0.05, 0.1) is 5.60 Å². The quantitative estimate of drug-likeness (QED) is 0.335. The Hall–Kier alpha value is 0.270. The van der Waals surface area contributed by atoms with Gasteiger partial charge < -0.3 is 20.6 Å². The Balaban J connectivity index is 0.00000208. The van der Waals surface area contributed by atoms with Crippen LogP contribution in [0.25, 0.3) is 0 Å². The van der Waals surface area contributed by atoms with Crippen molar-refractivity contribution in [3.05, 3.63) is 0 Å². The van der Waals surface area contributed by atoms with E-state index in [1.54, 1.807) is 0 Å². The molecule has 1 saturated carbocycles. The molecule has 3 N–H and O–H groups in total. The Bertz CT molecular complexity index is 403. The Labute approximate surface area is 167 Å². The molecule has 2 aliphatic heterocycles. The van der Waals surface area contributed by atoms with Crippen LogP contribution < -0.4 is 10.6 Å². The molecule has 5 nitrogen and oxygen atoms in total. The van der Waals surface area contributed by atoms with Crippen molar-refractivity contribution in [1.29, 1.82) is 0 Å². The summed E-state index contributed by atoms with van der Waals surface area (Å²) in [5.41, 5.74) is -0.561. The van der Waals surface area contributed by atoms with Gasteiger partial charge in [-0.2, -0.15) is 11.8 Å². The lowest BCUT2D eigenvalue weighted by atomic mass is 10.0. The zero-order valence-corrected chi connectivity index (χ0v) is 17.9. The number of piperidine rings is 1. The average Bonchev–Trinajstić information content (AvgIpc) is 3.24. The van der Waals surface area contributed by atoms with Crippen LogP contribution in [-0.4, -0.2) is 71.8 Å². The minimum atomic E-state index is -0.561. The molecule has 1 aliphatic carbocycles. The van der Waals surface area contributed by atoms with Gasteiger partial charge in [0.2, 0.25) is 0 Å². The van der Waals surface area contributed by atoms with Crippen molar-refractivity contribution in [3.8, 4) is 0 Å². The third kappa shape index (κ3) is 5.64. The normalized spacial score (nSPS) is 30.3. The Morgan fingerprint density at radius 1 is 1.25 bits per heavy atom. The second-order valence-electron chi connectivity index (χ2n) is 7.35. The van der Waals surface area contributed by atoms with E-state index in [4.69, 9.17) is 0 Å². The van der Waals surface area contributed by atoms with Gasteiger partial charge in [-0.15, -0.1) is 24.0 Å². The number of likely N-dealkylation sites (tertiary alicyclic amines) is 1. The highest BCUT2D eigenvalue weighted by Gasteiger charge is 2.32. The van der Waals surface area contributed by atoms with Crippen molar-refractivity contribution in [2.75, 3.05) is 38.2 Å². The van der Waals surface area contributed by atoms with E-state index in [0.29, 0.717) is 12.6 Å². The maximum Gasteiger partial charge on any atom is 0.191 e. The summed E-state index contributed by atoms with van der Waals surface area (Å²) >= 11 is 1.83. The fraction of sp³-hybridized carbons (Fsp3) is 0.941. The maximum absolute atomic E-state index is 10.4. The topological polar surface area (TPSA) is 59.9 Å². The first-order valence-electron chi connectivity index (χ1n) is 9.20. The van der Waals surface area contributed by atoms with Crippen LogP contribution in [0.5, 0.6) is 0 Å². The molecule has 0 aromatic carbocycles. The molecule has 2 heterocycles. The van der Waals surface area contributed by atoms with Crippen molar-refractivity contribution in [3.63, 3.8) is 0 Å². The van der Waals surface area contributed by atoms with E-state index in [1.165, 1.54) is 51.6 Å². The van der Waals surface area contributed by atoms with Gasteiger partial charge in [0.1, 0.15) is 0 Å². The highest BCUT2D eigenvalue weighted by Crippen LogP contribution is 2.27. The van der Waals surface area contributed by atoms with Gasteiger partial charge in [-0.05, 0) is 37.9 Å². The largest absolute Gasteiger partial charge is 0.387 e. The van der Waals surface area contributed by atoms with E-state index in [-0.39, 0.29) is 24.0 Å². The molecule has 1 atom stereocenters. The van der Waals surface area contributed by atoms with E-state index in [0.717, 1.165) is 29.9 Å². The number of aliphatic hydroxyl groups is 1. The van der Waals surface area contributed by atoms with Crippen LogP contribution in [0, 0.1) is 0 Å². The second kappa shape index (κ2) is 9.83. The first kappa shape index (κ1) is 20.6. The van der Waals surface area contributed by atoms with Crippen LogP contribution in [0.15, 0.2) is 4.99 Å². The van der Waals surface area contributed by atoms with Crippen LogP contribution in [0.2, 0.25) is 0 Å². The number of hydrogen-bond acceptors (Lipinski definition) is 4. The molecule has 3 fully saturated rings. The summed E-state index contributed by atoms with van der Waals surface area (Å²) in [7, 11) is 1.82. The molecular weight excluding hydrogens is 435 g/mol. The Kier molecular flexibility index (Phi) is 8.43. The molecule has 3 rings (SSSR count). The number of nitrogens with one attached hydrogen (secondary N) is 2. The van der Waals surface area contributed by atoms with Gasteiger partial charge in [-0.3, -0.25) is 4.99 Å². The number of hydrogen-bond donors (Lipinski definition) is 3. The lowest BCUT2D eigenvalue weighted by molar-refractivity contribution is 0.0722. The molecule has 2 saturated heterocycles. The van der Waals surface area contributed by atoms with Crippen molar-refractivity contribution in [2.24, 2.45) is 4.99 Å². The molecule has 7 heteroatoms. The number of rotatable bonds is 4. The molecule has 140 valence electrons. The predicted octanol–water partition coefficient (Wildman–Crippen LogP) is 2.04. The van der Waals surface area contributed by atoms with Crippen LogP contribution in [0.1, 0.15) is 44.9 Å². The van der Waals surface area contributed by atoms with Gasteiger partial charge in [0.15, 0.2) is 5.96 Å². The summed E-state index contributed by atoms with van der Waals surface area (Å²) in [5.74, 6) is 2.73. The van der Waals surface area contributed by atoms with Crippen LogP contribution in [0.4, 0.5) is 0 Å². The van der Waals surface area contributed by atoms with E-state index in [1.807, 2.05) is 18.8 Å². The van der Waals surface area contributed by atoms with Crippen molar-refractivity contribution >= 4 is 41.7 Å². The van der Waals surface area contributed by atoms with Gasteiger partial charge in [0, 0.05) is 44.5 Å². The lowest BCUT2D eigenvalue weighted by Gasteiger charge is -2.36. The van der Waals surface area contributed by atoms with Crippen LogP contribution in [0.3, 0.4) is 0 Å². The Morgan fingerprint density at radius 2 is 1.96 bits per heavy atom. The first-order valence-corrected chi connectivity index (χ1v) is 10.4. The molecule has 0 aromatic heterocycles. The summed E-state index contributed by atoms with van der Waals surface area (Å²) in [5, 5.41) is 17.3. The molecule has 0 bridgehead atoms. The highest BCUT2D eigenvalue weighted by atomic mass is 127. The molecule has 24 heavy (non-hydrogen) atoms. The predicted molar refractivity (Wildman–Crippen MR) is 114 cm³/mol. The third-order valence-electron chi connectivity index (χ3n) is 5.60. The fourth-order valence-electron chi connectivity index (χ4n) is 4.05. The van der Waals surface area contributed by atoms with Crippen LogP contribution in [-0.2, 0) is 0 Å². The molecular formula is C17H33IN4OS. The van der Waals surface area contributed by atoms with E-state index in [9.17, 15) is 5.11 Å². The minimum Gasteiger partial charge on any atom is -0.387 e. The summed E-state index contributed by atoms with van der Waals surface area (Å²) in [6.07, 6.45) is 8.90. The second-order valence-corrected chi connectivity index (χ2v) is 8.45. The number of aliphatic imine (C=N–C) groups is 1. The molecule has 0 spiro atoms. The third-order valence-corrected chi connectivity index (χ3v) is 6.84. The molecule has 3 aliphatic rings. The zero-order chi connectivity index (χ0) is 16.1. The molecule has 1 unspecified atom stereocenters. The summed E-state index contributed by atoms with van der Waals surface area (Å²) in [4.78, 5) is 7.03. The van der Waals surface area contributed by atoms with Crippen molar-refractivity contribution in [2.45, 2.75) is 62.6 Å². The SMILES string of the molecule is CN=C(NCC1(O)CCSC1)NC1CCN(C2CCCC2)CC1.I. The van der Waals surface area contributed by atoms with E-state index >= 15 is 0 Å². The highest BCUT2D eigenvalue weighted by molar-refractivity contribution is 14.0. The molecule has 0 aromatic rings. The smallest absolute Gasteiger partial charge is 0.191 e. The van der Waals surface area contributed by atoms with Crippen molar-refractivity contribution in [1.82, 2.24) is 15.5 Å². The summed E-state index contributed by atoms with van der Waals surface area (Å²) in [6, 6.07) is 1.36. The van der Waals surface area contributed by atoms with E-state index < -0.39 is 5.60 Å². The number of halogens is 1.